The quantitative estimate of drug-likeness (QED) is 0.916. The molecule has 1 aromatic rings. The van der Waals surface area contributed by atoms with Gasteiger partial charge in [0.25, 0.3) is 0 Å². The maximum Gasteiger partial charge on any atom is 0.123 e. The van der Waals surface area contributed by atoms with Gasteiger partial charge in [0.1, 0.15) is 5.75 Å². The highest BCUT2D eigenvalue weighted by molar-refractivity contribution is 5.45. The predicted molar refractivity (Wildman–Crippen MR) is 80.1 cm³/mol. The van der Waals surface area contributed by atoms with Gasteiger partial charge in [0.2, 0.25) is 0 Å². The molecular weight excluding hydrogens is 250 g/mol. The minimum absolute atomic E-state index is 0.0969. The Bertz CT molecular complexity index is 478. The van der Waals surface area contributed by atoms with Crippen LogP contribution in [-0.4, -0.2) is 19.3 Å². The molecule has 2 unspecified atom stereocenters. The molecule has 1 fully saturated rings. The summed E-state index contributed by atoms with van der Waals surface area (Å²) < 4.78 is 11.4. The van der Waals surface area contributed by atoms with Crippen LogP contribution < -0.4 is 10.5 Å². The molecule has 0 aliphatic carbocycles. The summed E-state index contributed by atoms with van der Waals surface area (Å²) in [6.07, 6.45) is 4.88. The number of fused-ring (bicyclic) bond motifs is 1. The zero-order chi connectivity index (χ0) is 14.2. The number of ether oxygens (including phenoxy) is 2. The number of rotatable bonds is 4. The molecule has 1 aromatic carbocycles. The molecule has 0 bridgehead atoms. The van der Waals surface area contributed by atoms with E-state index in [1.165, 1.54) is 24.0 Å². The monoisotopic (exact) mass is 275 g/mol. The number of benzene rings is 1. The third kappa shape index (κ3) is 2.70. The van der Waals surface area contributed by atoms with E-state index in [0.717, 1.165) is 31.8 Å². The summed E-state index contributed by atoms with van der Waals surface area (Å²) in [6.45, 7) is 6.13. The summed E-state index contributed by atoms with van der Waals surface area (Å²) in [6, 6.07) is 6.52. The molecule has 2 N–H and O–H groups in total. The fourth-order valence-electron chi connectivity index (χ4n) is 3.17. The van der Waals surface area contributed by atoms with Crippen LogP contribution in [0.4, 0.5) is 0 Å². The Labute approximate surface area is 121 Å². The van der Waals surface area contributed by atoms with Crippen LogP contribution in [0.3, 0.4) is 0 Å². The maximum atomic E-state index is 6.36. The highest BCUT2D eigenvalue weighted by atomic mass is 16.5. The van der Waals surface area contributed by atoms with Crippen molar-refractivity contribution in [3.63, 3.8) is 0 Å². The molecule has 0 saturated carbocycles. The first-order valence-corrected chi connectivity index (χ1v) is 7.71. The predicted octanol–water partition coefficient (Wildman–Crippen LogP) is 3.32. The van der Waals surface area contributed by atoms with Crippen molar-refractivity contribution < 1.29 is 9.47 Å². The van der Waals surface area contributed by atoms with Crippen molar-refractivity contribution >= 4 is 0 Å². The van der Waals surface area contributed by atoms with E-state index < -0.39 is 0 Å². The first kappa shape index (κ1) is 13.9. The van der Waals surface area contributed by atoms with Gasteiger partial charge in [-0.3, -0.25) is 0 Å². The largest absolute Gasteiger partial charge is 0.492 e. The molecule has 1 saturated heterocycles. The number of hydrogen-bond donors (Lipinski definition) is 1. The van der Waals surface area contributed by atoms with Crippen molar-refractivity contribution in [2.75, 3.05) is 13.2 Å². The molecule has 2 aliphatic rings. The summed E-state index contributed by atoms with van der Waals surface area (Å²) in [5, 5.41) is 0. The Morgan fingerprint density at radius 2 is 2.25 bits per heavy atom. The van der Waals surface area contributed by atoms with Gasteiger partial charge in [-0.15, -0.1) is 0 Å². The summed E-state index contributed by atoms with van der Waals surface area (Å²) in [4.78, 5) is 0. The highest BCUT2D eigenvalue weighted by Crippen LogP contribution is 2.39. The van der Waals surface area contributed by atoms with Crippen molar-refractivity contribution in [1.82, 2.24) is 0 Å². The fraction of sp³-hybridized carbons (Fsp3) is 0.647. The average molecular weight is 275 g/mol. The molecular formula is C17H25NO2. The van der Waals surface area contributed by atoms with Gasteiger partial charge in [-0.1, -0.05) is 19.9 Å². The lowest BCUT2D eigenvalue weighted by Crippen LogP contribution is -2.19. The topological polar surface area (TPSA) is 44.5 Å². The third-order valence-corrected chi connectivity index (χ3v) is 4.57. The van der Waals surface area contributed by atoms with Gasteiger partial charge in [-0.25, -0.2) is 0 Å². The normalized spacial score (nSPS) is 25.2. The van der Waals surface area contributed by atoms with Crippen LogP contribution in [0.1, 0.15) is 56.7 Å². The van der Waals surface area contributed by atoms with Crippen LogP contribution in [0.2, 0.25) is 0 Å². The van der Waals surface area contributed by atoms with E-state index in [-0.39, 0.29) is 11.5 Å². The lowest BCUT2D eigenvalue weighted by molar-refractivity contribution is 0.101. The Balaban J connectivity index is 1.67. The zero-order valence-corrected chi connectivity index (χ0v) is 12.5. The second kappa shape index (κ2) is 5.38. The van der Waals surface area contributed by atoms with E-state index in [4.69, 9.17) is 15.2 Å². The van der Waals surface area contributed by atoms with Crippen molar-refractivity contribution in [2.24, 2.45) is 5.73 Å². The van der Waals surface area contributed by atoms with Crippen LogP contribution in [0.5, 0.6) is 5.75 Å². The van der Waals surface area contributed by atoms with Crippen LogP contribution in [0, 0.1) is 0 Å². The lowest BCUT2D eigenvalue weighted by atomic mass is 9.85. The van der Waals surface area contributed by atoms with E-state index in [0.29, 0.717) is 6.10 Å². The lowest BCUT2D eigenvalue weighted by Gasteiger charge is -2.19. The fourth-order valence-corrected chi connectivity index (χ4v) is 3.17. The molecule has 3 rings (SSSR count). The summed E-state index contributed by atoms with van der Waals surface area (Å²) in [7, 11) is 0. The molecule has 0 aromatic heterocycles. The Morgan fingerprint density at radius 1 is 1.40 bits per heavy atom. The standard InChI is InChI=1S/C17H25NO2/c1-17(2)11-20-16-8-5-12(10-14(16)17)15(18)7-6-13-4-3-9-19-13/h5,8,10,13,15H,3-4,6-7,9,11,18H2,1-2H3. The van der Waals surface area contributed by atoms with Gasteiger partial charge in [0, 0.05) is 23.6 Å². The molecule has 0 amide bonds. The molecule has 2 atom stereocenters. The molecule has 3 heteroatoms. The molecule has 0 radical (unpaired) electrons. The second-order valence-corrected chi connectivity index (χ2v) is 6.75. The van der Waals surface area contributed by atoms with Gasteiger partial charge in [0.15, 0.2) is 0 Å². The Morgan fingerprint density at radius 3 is 3.00 bits per heavy atom. The van der Waals surface area contributed by atoms with Gasteiger partial charge in [0.05, 0.1) is 12.7 Å². The van der Waals surface area contributed by atoms with E-state index in [9.17, 15) is 0 Å². The van der Waals surface area contributed by atoms with E-state index >= 15 is 0 Å². The van der Waals surface area contributed by atoms with Crippen molar-refractivity contribution in [3.8, 4) is 5.75 Å². The minimum Gasteiger partial charge on any atom is -0.492 e. The SMILES string of the molecule is CC1(C)COc2ccc(C(N)CCC3CCCO3)cc21. The van der Waals surface area contributed by atoms with Crippen LogP contribution in [0.15, 0.2) is 18.2 Å². The van der Waals surface area contributed by atoms with Crippen molar-refractivity contribution in [1.29, 1.82) is 0 Å². The highest BCUT2D eigenvalue weighted by Gasteiger charge is 2.32. The average Bonchev–Trinajstić information content (AvgIpc) is 3.04. The van der Waals surface area contributed by atoms with E-state index in [1.807, 2.05) is 0 Å². The smallest absolute Gasteiger partial charge is 0.123 e. The van der Waals surface area contributed by atoms with Crippen molar-refractivity contribution in [2.45, 2.75) is 57.1 Å². The molecule has 0 spiro atoms. The van der Waals surface area contributed by atoms with Crippen LogP contribution in [0.25, 0.3) is 0 Å². The summed E-state index contributed by atoms with van der Waals surface area (Å²) in [5.74, 6) is 1.02. The molecule has 3 nitrogen and oxygen atoms in total. The van der Waals surface area contributed by atoms with Gasteiger partial charge < -0.3 is 15.2 Å². The number of hydrogen-bond acceptors (Lipinski definition) is 3. The van der Waals surface area contributed by atoms with Crippen molar-refractivity contribution in [3.05, 3.63) is 29.3 Å². The van der Waals surface area contributed by atoms with E-state index in [1.54, 1.807) is 0 Å². The summed E-state index contributed by atoms with van der Waals surface area (Å²) >= 11 is 0. The molecule has 2 heterocycles. The molecule has 20 heavy (non-hydrogen) atoms. The third-order valence-electron chi connectivity index (χ3n) is 4.57. The Kier molecular flexibility index (Phi) is 3.74. The first-order valence-electron chi connectivity index (χ1n) is 7.71. The Hall–Kier alpha value is -1.06. The summed E-state index contributed by atoms with van der Waals surface area (Å²) in [5.41, 5.74) is 8.97. The minimum atomic E-state index is 0.0969. The van der Waals surface area contributed by atoms with E-state index in [2.05, 4.69) is 32.0 Å². The van der Waals surface area contributed by atoms with Gasteiger partial charge in [-0.2, -0.15) is 0 Å². The molecule has 2 aliphatic heterocycles. The molecule has 110 valence electrons. The maximum absolute atomic E-state index is 6.36. The van der Waals surface area contributed by atoms with Crippen LogP contribution >= 0.6 is 0 Å². The van der Waals surface area contributed by atoms with Gasteiger partial charge in [-0.05, 0) is 43.4 Å². The zero-order valence-electron chi connectivity index (χ0n) is 12.5. The van der Waals surface area contributed by atoms with Crippen LogP contribution in [-0.2, 0) is 10.2 Å². The second-order valence-electron chi connectivity index (χ2n) is 6.75. The van der Waals surface area contributed by atoms with Gasteiger partial charge >= 0.3 is 0 Å². The number of nitrogens with two attached hydrogens (primary N) is 1. The first-order chi connectivity index (χ1) is 9.56.